The number of carbonyl (C=O) groups excluding carboxylic acids is 3. The average Bonchev–Trinajstić information content (AvgIpc) is 2.88. The van der Waals surface area contributed by atoms with Crippen LogP contribution in [0.25, 0.3) is 0 Å². The van der Waals surface area contributed by atoms with E-state index in [9.17, 15) is 18.8 Å². The Bertz CT molecular complexity index is 1250. The van der Waals surface area contributed by atoms with Crippen LogP contribution in [0, 0.1) is 12.7 Å². The van der Waals surface area contributed by atoms with E-state index in [1.807, 2.05) is 49.4 Å². The Hall–Kier alpha value is -4.00. The van der Waals surface area contributed by atoms with E-state index in [0.717, 1.165) is 11.1 Å². The van der Waals surface area contributed by atoms with E-state index < -0.39 is 0 Å². The van der Waals surface area contributed by atoms with Crippen LogP contribution in [-0.4, -0.2) is 53.7 Å². The van der Waals surface area contributed by atoms with Crippen LogP contribution in [0.3, 0.4) is 0 Å². The second-order valence-electron chi connectivity index (χ2n) is 9.07. The predicted molar refractivity (Wildman–Crippen MR) is 137 cm³/mol. The number of aryl methyl sites for hydroxylation is 1. The Kier molecular flexibility index (Phi) is 7.78. The zero-order chi connectivity index (χ0) is 25.7. The van der Waals surface area contributed by atoms with Gasteiger partial charge in [0, 0.05) is 44.4 Å². The summed E-state index contributed by atoms with van der Waals surface area (Å²) in [5.74, 6) is -0.488. The van der Waals surface area contributed by atoms with E-state index >= 15 is 0 Å². The first-order chi connectivity index (χ1) is 17.3. The molecule has 1 aliphatic rings. The SMILES string of the molecule is CC(=O)N1CCN(C(=O)Cc2ccc(N(Cc3cccc(F)c3)C(=O)c3ccccc3C)cc2)CC1. The van der Waals surface area contributed by atoms with Crippen molar-refractivity contribution in [1.82, 2.24) is 9.80 Å². The molecule has 1 heterocycles. The monoisotopic (exact) mass is 487 g/mol. The van der Waals surface area contributed by atoms with Crippen molar-refractivity contribution >= 4 is 23.4 Å². The Balaban J connectivity index is 1.51. The van der Waals surface area contributed by atoms with E-state index in [4.69, 9.17) is 0 Å². The largest absolute Gasteiger partial charge is 0.339 e. The van der Waals surface area contributed by atoms with Gasteiger partial charge in [-0.2, -0.15) is 0 Å². The summed E-state index contributed by atoms with van der Waals surface area (Å²) < 4.78 is 13.8. The smallest absolute Gasteiger partial charge is 0.258 e. The highest BCUT2D eigenvalue weighted by Gasteiger charge is 2.23. The maximum atomic E-state index is 13.8. The molecular formula is C29H30FN3O3. The van der Waals surface area contributed by atoms with Gasteiger partial charge in [-0.05, 0) is 53.9 Å². The van der Waals surface area contributed by atoms with Crippen molar-refractivity contribution in [2.45, 2.75) is 26.8 Å². The molecule has 1 aliphatic heterocycles. The summed E-state index contributed by atoms with van der Waals surface area (Å²) in [7, 11) is 0. The van der Waals surface area contributed by atoms with Crippen molar-refractivity contribution in [1.29, 1.82) is 0 Å². The molecule has 7 heteroatoms. The summed E-state index contributed by atoms with van der Waals surface area (Å²) in [6.07, 6.45) is 0.246. The number of piperazine rings is 1. The van der Waals surface area contributed by atoms with Crippen LogP contribution in [0.2, 0.25) is 0 Å². The van der Waals surface area contributed by atoms with Crippen molar-refractivity contribution in [2.24, 2.45) is 0 Å². The molecule has 0 aromatic heterocycles. The summed E-state index contributed by atoms with van der Waals surface area (Å²) in [6, 6.07) is 21.0. The molecule has 3 amide bonds. The van der Waals surface area contributed by atoms with Gasteiger partial charge >= 0.3 is 0 Å². The second-order valence-corrected chi connectivity index (χ2v) is 9.07. The van der Waals surface area contributed by atoms with Gasteiger partial charge in [-0.1, -0.05) is 42.5 Å². The fourth-order valence-electron chi connectivity index (χ4n) is 4.41. The fourth-order valence-corrected chi connectivity index (χ4v) is 4.41. The van der Waals surface area contributed by atoms with Gasteiger partial charge < -0.3 is 14.7 Å². The van der Waals surface area contributed by atoms with Crippen LogP contribution >= 0.6 is 0 Å². The highest BCUT2D eigenvalue weighted by atomic mass is 19.1. The van der Waals surface area contributed by atoms with Gasteiger partial charge in [-0.25, -0.2) is 4.39 Å². The maximum absolute atomic E-state index is 13.8. The minimum absolute atomic E-state index is 0.0126. The van der Waals surface area contributed by atoms with Crippen LogP contribution < -0.4 is 4.90 Å². The molecule has 0 spiro atoms. The van der Waals surface area contributed by atoms with Crippen molar-refractivity contribution in [2.75, 3.05) is 31.1 Å². The minimum Gasteiger partial charge on any atom is -0.339 e. The summed E-state index contributed by atoms with van der Waals surface area (Å²) >= 11 is 0. The first-order valence-corrected chi connectivity index (χ1v) is 12.1. The zero-order valence-electron chi connectivity index (χ0n) is 20.6. The third kappa shape index (κ3) is 5.97. The molecule has 186 valence electrons. The van der Waals surface area contributed by atoms with Gasteiger partial charge in [0.15, 0.2) is 0 Å². The normalized spacial score (nSPS) is 13.4. The molecule has 4 rings (SSSR count). The third-order valence-corrected chi connectivity index (χ3v) is 6.53. The highest BCUT2D eigenvalue weighted by Crippen LogP contribution is 2.23. The predicted octanol–water partition coefficient (Wildman–Crippen LogP) is 4.21. The molecule has 6 nitrogen and oxygen atoms in total. The number of hydrogen-bond donors (Lipinski definition) is 0. The van der Waals surface area contributed by atoms with Crippen molar-refractivity contribution < 1.29 is 18.8 Å². The van der Waals surface area contributed by atoms with Crippen LogP contribution in [0.4, 0.5) is 10.1 Å². The average molecular weight is 488 g/mol. The molecule has 0 N–H and O–H groups in total. The molecule has 0 atom stereocenters. The number of carbonyl (C=O) groups is 3. The van der Waals surface area contributed by atoms with E-state index in [1.54, 1.807) is 39.8 Å². The number of nitrogens with zero attached hydrogens (tertiary/aromatic N) is 3. The molecule has 0 saturated carbocycles. The van der Waals surface area contributed by atoms with E-state index in [0.29, 0.717) is 43.0 Å². The molecular weight excluding hydrogens is 457 g/mol. The van der Waals surface area contributed by atoms with Gasteiger partial charge in [0.2, 0.25) is 11.8 Å². The van der Waals surface area contributed by atoms with Gasteiger partial charge in [0.25, 0.3) is 5.91 Å². The van der Waals surface area contributed by atoms with E-state index in [1.165, 1.54) is 12.1 Å². The highest BCUT2D eigenvalue weighted by molar-refractivity contribution is 6.07. The topological polar surface area (TPSA) is 60.9 Å². The Morgan fingerprint density at radius 1 is 0.833 bits per heavy atom. The molecule has 0 aliphatic carbocycles. The van der Waals surface area contributed by atoms with E-state index in [-0.39, 0.29) is 36.5 Å². The van der Waals surface area contributed by atoms with Gasteiger partial charge in [-0.15, -0.1) is 0 Å². The summed E-state index contributed by atoms with van der Waals surface area (Å²) in [4.78, 5) is 43.0. The first-order valence-electron chi connectivity index (χ1n) is 12.1. The number of rotatable bonds is 6. The van der Waals surface area contributed by atoms with Crippen molar-refractivity contribution in [3.05, 3.63) is 101 Å². The first kappa shape index (κ1) is 25.1. The number of hydrogen-bond acceptors (Lipinski definition) is 3. The van der Waals surface area contributed by atoms with Crippen LogP contribution in [0.5, 0.6) is 0 Å². The quantitative estimate of drug-likeness (QED) is 0.523. The summed E-state index contributed by atoms with van der Waals surface area (Å²) in [5.41, 5.74) is 3.63. The summed E-state index contributed by atoms with van der Waals surface area (Å²) in [5, 5.41) is 0. The zero-order valence-corrected chi connectivity index (χ0v) is 20.6. The number of benzene rings is 3. The second kappa shape index (κ2) is 11.2. The standard InChI is InChI=1S/C29H30FN3O3/c1-21-6-3-4-9-27(21)29(36)33(20-24-7-5-8-25(30)18-24)26-12-10-23(11-13-26)19-28(35)32-16-14-31(15-17-32)22(2)34/h3-13,18H,14-17,19-20H2,1-2H3. The van der Waals surface area contributed by atoms with Crippen LogP contribution in [0.15, 0.2) is 72.8 Å². The fraction of sp³-hybridized carbons (Fsp3) is 0.276. The number of halogens is 1. The van der Waals surface area contributed by atoms with Gasteiger partial charge in [0.1, 0.15) is 5.82 Å². The minimum atomic E-state index is -0.353. The lowest BCUT2D eigenvalue weighted by molar-refractivity contribution is -0.138. The van der Waals surface area contributed by atoms with Crippen molar-refractivity contribution in [3.63, 3.8) is 0 Å². The lowest BCUT2D eigenvalue weighted by Crippen LogP contribution is -2.50. The Morgan fingerprint density at radius 2 is 1.50 bits per heavy atom. The molecule has 1 saturated heterocycles. The number of amides is 3. The van der Waals surface area contributed by atoms with Crippen LogP contribution in [0.1, 0.15) is 34.0 Å². The Morgan fingerprint density at radius 3 is 2.14 bits per heavy atom. The number of anilines is 1. The maximum Gasteiger partial charge on any atom is 0.258 e. The van der Waals surface area contributed by atoms with Gasteiger partial charge in [-0.3, -0.25) is 14.4 Å². The van der Waals surface area contributed by atoms with Crippen molar-refractivity contribution in [3.8, 4) is 0 Å². The molecule has 3 aromatic carbocycles. The molecule has 0 unspecified atom stereocenters. The molecule has 0 bridgehead atoms. The van der Waals surface area contributed by atoms with Crippen LogP contribution in [-0.2, 0) is 22.6 Å². The molecule has 0 radical (unpaired) electrons. The summed E-state index contributed by atoms with van der Waals surface area (Å²) in [6.45, 7) is 5.81. The Labute approximate surface area is 210 Å². The van der Waals surface area contributed by atoms with Gasteiger partial charge in [0.05, 0.1) is 13.0 Å². The lowest BCUT2D eigenvalue weighted by atomic mass is 10.1. The third-order valence-electron chi connectivity index (χ3n) is 6.53. The lowest BCUT2D eigenvalue weighted by Gasteiger charge is -2.34. The molecule has 36 heavy (non-hydrogen) atoms. The van der Waals surface area contributed by atoms with E-state index in [2.05, 4.69) is 0 Å². The molecule has 3 aromatic rings. The molecule has 1 fully saturated rings.